The molecule has 3 rings (SSSR count). The minimum absolute atomic E-state index is 0.137. The smallest absolute Gasteiger partial charge is 0.342 e. The van der Waals surface area contributed by atoms with Gasteiger partial charge in [0.2, 0.25) is 0 Å². The van der Waals surface area contributed by atoms with Crippen LogP contribution in [0.5, 0.6) is 11.5 Å². The van der Waals surface area contributed by atoms with E-state index in [0.717, 1.165) is 12.0 Å². The molecule has 0 saturated heterocycles. The second-order valence-electron chi connectivity index (χ2n) is 7.62. The summed E-state index contributed by atoms with van der Waals surface area (Å²) in [5.41, 5.74) is 1.68. The lowest BCUT2D eigenvalue weighted by molar-refractivity contribution is -0.119. The van der Waals surface area contributed by atoms with E-state index < -0.39 is 5.97 Å². The Morgan fingerprint density at radius 2 is 1.87 bits per heavy atom. The number of rotatable bonds is 3. The molecule has 5 nitrogen and oxygen atoms in total. The largest absolute Gasteiger partial charge is 0.507 e. The SMILES string of the molecule is C[C@H]1CCCC(=O)CCCC=Cc2cc(OCc3ccccc3)cc(O)c2C(=O)O1. The molecule has 0 aromatic heterocycles. The molecular weight excluding hydrogens is 380 g/mol. The topological polar surface area (TPSA) is 72.8 Å². The van der Waals surface area contributed by atoms with Crippen molar-refractivity contribution in [1.29, 1.82) is 0 Å². The van der Waals surface area contributed by atoms with Crippen LogP contribution >= 0.6 is 0 Å². The predicted molar refractivity (Wildman–Crippen MR) is 116 cm³/mol. The Hall–Kier alpha value is -3.08. The third-order valence-corrected chi connectivity index (χ3v) is 5.07. The molecule has 0 radical (unpaired) electrons. The van der Waals surface area contributed by atoms with E-state index in [4.69, 9.17) is 9.47 Å². The first kappa shape index (κ1) is 21.6. The first-order valence-corrected chi connectivity index (χ1v) is 10.5. The fourth-order valence-corrected chi connectivity index (χ4v) is 3.44. The Kier molecular flexibility index (Phi) is 7.66. The molecule has 0 bridgehead atoms. The average Bonchev–Trinajstić information content (AvgIpc) is 2.72. The van der Waals surface area contributed by atoms with Crippen molar-refractivity contribution in [2.24, 2.45) is 0 Å². The summed E-state index contributed by atoms with van der Waals surface area (Å²) in [5.74, 6) is -0.0251. The Balaban J connectivity index is 1.85. The normalized spacial score (nSPS) is 18.2. The molecule has 0 spiro atoms. The summed E-state index contributed by atoms with van der Waals surface area (Å²) >= 11 is 0. The van der Waals surface area contributed by atoms with Crippen molar-refractivity contribution in [2.75, 3.05) is 0 Å². The number of benzene rings is 2. The number of cyclic esters (lactones) is 1. The highest BCUT2D eigenvalue weighted by Crippen LogP contribution is 2.31. The number of phenols is 1. The fraction of sp³-hybridized carbons (Fsp3) is 0.360. The number of fused-ring (bicyclic) bond motifs is 1. The van der Waals surface area contributed by atoms with Gasteiger partial charge in [0, 0.05) is 18.9 Å². The van der Waals surface area contributed by atoms with Crippen LogP contribution in [0.1, 0.15) is 66.9 Å². The summed E-state index contributed by atoms with van der Waals surface area (Å²) in [6.45, 7) is 2.16. The van der Waals surface area contributed by atoms with Crippen LogP contribution < -0.4 is 4.74 Å². The van der Waals surface area contributed by atoms with Crippen molar-refractivity contribution >= 4 is 17.8 Å². The van der Waals surface area contributed by atoms with Gasteiger partial charge in [-0.1, -0.05) is 42.5 Å². The van der Waals surface area contributed by atoms with Crippen LogP contribution in [0, 0.1) is 0 Å². The highest BCUT2D eigenvalue weighted by molar-refractivity contribution is 5.97. The molecule has 1 atom stereocenters. The van der Waals surface area contributed by atoms with Crippen molar-refractivity contribution in [3.8, 4) is 11.5 Å². The first-order valence-electron chi connectivity index (χ1n) is 10.5. The molecule has 2 aromatic carbocycles. The Labute approximate surface area is 177 Å². The van der Waals surface area contributed by atoms with E-state index in [-0.39, 0.29) is 23.2 Å². The monoisotopic (exact) mass is 408 g/mol. The molecule has 2 aromatic rings. The number of hydrogen-bond acceptors (Lipinski definition) is 5. The molecule has 0 unspecified atom stereocenters. The number of carbonyl (C=O) groups is 2. The number of aromatic hydroxyl groups is 1. The van der Waals surface area contributed by atoms with E-state index in [2.05, 4.69) is 0 Å². The second-order valence-corrected chi connectivity index (χ2v) is 7.62. The maximum absolute atomic E-state index is 12.7. The lowest BCUT2D eigenvalue weighted by Crippen LogP contribution is -2.17. The molecule has 1 aliphatic rings. The van der Waals surface area contributed by atoms with Gasteiger partial charge in [-0.15, -0.1) is 0 Å². The number of Topliss-reactive ketones (excluding diaryl/α,β-unsaturated/α-hetero) is 1. The van der Waals surface area contributed by atoms with Gasteiger partial charge in [0.25, 0.3) is 0 Å². The number of phenolic OH excluding ortho intramolecular Hbond substituents is 1. The molecule has 0 saturated carbocycles. The molecule has 1 heterocycles. The summed E-state index contributed by atoms with van der Waals surface area (Å²) in [6, 6.07) is 12.9. The molecule has 0 amide bonds. The molecule has 0 aliphatic carbocycles. The molecule has 1 aliphatic heterocycles. The van der Waals surface area contributed by atoms with Crippen molar-refractivity contribution in [2.45, 2.75) is 58.2 Å². The zero-order valence-electron chi connectivity index (χ0n) is 17.3. The summed E-state index contributed by atoms with van der Waals surface area (Å²) in [5, 5.41) is 10.6. The van der Waals surface area contributed by atoms with E-state index in [1.54, 1.807) is 19.1 Å². The van der Waals surface area contributed by atoms with Crippen LogP contribution in [0.15, 0.2) is 48.5 Å². The number of hydrogen-bond donors (Lipinski definition) is 1. The van der Waals surface area contributed by atoms with E-state index in [9.17, 15) is 14.7 Å². The number of allylic oxidation sites excluding steroid dienone is 1. The standard InChI is InChI=1S/C25H28O5/c1-18-9-8-14-21(26)13-7-3-6-12-20-15-22(16-23(27)24(20)25(28)30-18)29-17-19-10-4-2-5-11-19/h2,4-6,10-12,15-16,18,27H,3,7-9,13-14,17H2,1H3/t18-/m0/s1. The zero-order valence-corrected chi connectivity index (χ0v) is 17.3. The Morgan fingerprint density at radius 3 is 2.67 bits per heavy atom. The maximum Gasteiger partial charge on any atom is 0.342 e. The first-order chi connectivity index (χ1) is 14.5. The van der Waals surface area contributed by atoms with Crippen LogP contribution in [-0.4, -0.2) is 23.0 Å². The van der Waals surface area contributed by atoms with Gasteiger partial charge in [0.05, 0.1) is 6.10 Å². The van der Waals surface area contributed by atoms with Crippen LogP contribution in [-0.2, 0) is 16.1 Å². The molecule has 1 N–H and O–H groups in total. The van der Waals surface area contributed by atoms with E-state index in [0.29, 0.717) is 50.0 Å². The van der Waals surface area contributed by atoms with Gasteiger partial charge in [-0.05, 0) is 49.8 Å². The van der Waals surface area contributed by atoms with E-state index in [1.165, 1.54) is 6.07 Å². The number of esters is 1. The molecule has 158 valence electrons. The Morgan fingerprint density at radius 1 is 1.10 bits per heavy atom. The lowest BCUT2D eigenvalue weighted by atomic mass is 10.0. The van der Waals surface area contributed by atoms with Crippen molar-refractivity contribution in [3.63, 3.8) is 0 Å². The Bertz CT molecular complexity index is 901. The number of carbonyl (C=O) groups excluding carboxylic acids is 2. The molecule has 5 heteroatoms. The molecular formula is C25H28O5. The lowest BCUT2D eigenvalue weighted by Gasteiger charge is -2.16. The highest BCUT2D eigenvalue weighted by atomic mass is 16.5. The minimum atomic E-state index is -0.572. The van der Waals surface area contributed by atoms with Crippen molar-refractivity contribution < 1.29 is 24.2 Å². The number of ketones is 1. The third kappa shape index (κ3) is 6.21. The summed E-state index contributed by atoms with van der Waals surface area (Å²) in [4.78, 5) is 24.7. The van der Waals surface area contributed by atoms with Gasteiger partial charge >= 0.3 is 5.97 Å². The minimum Gasteiger partial charge on any atom is -0.507 e. The summed E-state index contributed by atoms with van der Waals surface area (Å²) < 4.78 is 11.3. The third-order valence-electron chi connectivity index (χ3n) is 5.07. The molecule has 0 fully saturated rings. The van der Waals surface area contributed by atoms with Crippen LogP contribution in [0.3, 0.4) is 0 Å². The zero-order chi connectivity index (χ0) is 21.3. The van der Waals surface area contributed by atoms with Crippen LogP contribution in [0.25, 0.3) is 6.08 Å². The second kappa shape index (κ2) is 10.6. The fourth-order valence-electron chi connectivity index (χ4n) is 3.44. The summed E-state index contributed by atoms with van der Waals surface area (Å²) in [6.07, 6.45) is 7.20. The van der Waals surface area contributed by atoms with Gasteiger partial charge in [-0.2, -0.15) is 0 Å². The van der Waals surface area contributed by atoms with Gasteiger partial charge in [-0.25, -0.2) is 4.79 Å². The van der Waals surface area contributed by atoms with Gasteiger partial charge < -0.3 is 14.6 Å². The van der Waals surface area contributed by atoms with E-state index in [1.807, 2.05) is 36.4 Å². The maximum atomic E-state index is 12.7. The van der Waals surface area contributed by atoms with Crippen LogP contribution in [0.2, 0.25) is 0 Å². The summed E-state index contributed by atoms with van der Waals surface area (Å²) in [7, 11) is 0. The highest BCUT2D eigenvalue weighted by Gasteiger charge is 2.21. The molecule has 30 heavy (non-hydrogen) atoms. The van der Waals surface area contributed by atoms with Gasteiger partial charge in [0.15, 0.2) is 0 Å². The van der Waals surface area contributed by atoms with Crippen LogP contribution in [0.4, 0.5) is 0 Å². The number of ether oxygens (including phenoxy) is 2. The van der Waals surface area contributed by atoms with Crippen molar-refractivity contribution in [3.05, 3.63) is 65.2 Å². The average molecular weight is 408 g/mol. The van der Waals surface area contributed by atoms with Gasteiger partial charge in [-0.3, -0.25) is 4.79 Å². The predicted octanol–water partition coefficient (Wildman–Crippen LogP) is 5.45. The van der Waals surface area contributed by atoms with Crippen molar-refractivity contribution in [1.82, 2.24) is 0 Å². The van der Waals surface area contributed by atoms with E-state index >= 15 is 0 Å². The van der Waals surface area contributed by atoms with Gasteiger partial charge in [0.1, 0.15) is 29.5 Å². The quantitative estimate of drug-likeness (QED) is 0.684.